The summed E-state index contributed by atoms with van der Waals surface area (Å²) in [5, 5.41) is 6.63. The molecule has 9 nitrogen and oxygen atoms in total. The molecular formula is C24H29ClFN7O2. The molecule has 1 aliphatic carbocycles. The number of hydrogen-bond acceptors (Lipinski definition) is 7. The van der Waals surface area contributed by atoms with E-state index in [0.717, 1.165) is 25.7 Å². The second kappa shape index (κ2) is 9.94. The zero-order valence-corrected chi connectivity index (χ0v) is 20.3. The first-order valence-electron chi connectivity index (χ1n) is 12.0. The van der Waals surface area contributed by atoms with Crippen molar-refractivity contribution in [1.82, 2.24) is 19.5 Å². The van der Waals surface area contributed by atoms with Gasteiger partial charge in [-0.3, -0.25) is 9.36 Å². The molecule has 0 spiro atoms. The lowest BCUT2D eigenvalue weighted by molar-refractivity contribution is -0.122. The van der Waals surface area contributed by atoms with Gasteiger partial charge in [0.2, 0.25) is 17.8 Å². The fourth-order valence-corrected chi connectivity index (χ4v) is 5.16. The SMILES string of the molecule is Cc1ccc(Nc2nc3cnc(NC4CCOCC4)nc3n2[C@H]2CC[C@H](C(N)=O)CC2)c(Cl)c1F. The summed E-state index contributed by atoms with van der Waals surface area (Å²) in [6, 6.07) is 3.69. The minimum Gasteiger partial charge on any atom is -0.381 e. The number of ether oxygens (including phenoxy) is 1. The fraction of sp³-hybridized carbons (Fsp3) is 0.500. The van der Waals surface area contributed by atoms with Crippen molar-refractivity contribution in [3.8, 4) is 0 Å². The highest BCUT2D eigenvalue weighted by atomic mass is 35.5. The second-order valence-electron chi connectivity index (χ2n) is 9.33. The van der Waals surface area contributed by atoms with Crippen LogP contribution in [-0.2, 0) is 9.53 Å². The predicted octanol–water partition coefficient (Wildman–Crippen LogP) is 4.48. The summed E-state index contributed by atoms with van der Waals surface area (Å²) >= 11 is 6.30. The molecule has 4 N–H and O–H groups in total. The summed E-state index contributed by atoms with van der Waals surface area (Å²) in [6.45, 7) is 3.09. The van der Waals surface area contributed by atoms with Crippen molar-refractivity contribution in [2.45, 2.75) is 57.5 Å². The molecule has 0 bridgehead atoms. The van der Waals surface area contributed by atoms with Crippen LogP contribution in [0.3, 0.4) is 0 Å². The van der Waals surface area contributed by atoms with Gasteiger partial charge in [-0.05, 0) is 57.1 Å². The standard InChI is InChI=1S/C24H29ClFN7O2/c1-13-2-7-17(19(25)20(13)26)30-24-31-18-12-28-23(29-15-8-10-35-11-9-15)32-22(18)33(24)16-5-3-14(4-6-16)21(27)34/h2,7,12,14-16H,3-6,8-11H2,1H3,(H2,27,34)(H,30,31)(H,28,29,32)/t14-,16-. The van der Waals surface area contributed by atoms with E-state index in [2.05, 4.69) is 15.6 Å². The highest BCUT2D eigenvalue weighted by molar-refractivity contribution is 6.33. The Hall–Kier alpha value is -2.98. The van der Waals surface area contributed by atoms with E-state index in [4.69, 9.17) is 32.0 Å². The van der Waals surface area contributed by atoms with Crippen molar-refractivity contribution in [2.24, 2.45) is 11.7 Å². The van der Waals surface area contributed by atoms with Crippen LogP contribution < -0.4 is 16.4 Å². The van der Waals surface area contributed by atoms with Crippen LogP contribution in [0.4, 0.5) is 22.0 Å². The second-order valence-corrected chi connectivity index (χ2v) is 9.71. The number of carbonyl (C=O) groups is 1. The van der Waals surface area contributed by atoms with Crippen LogP contribution in [0.15, 0.2) is 18.3 Å². The number of amides is 1. The molecule has 2 fully saturated rings. The smallest absolute Gasteiger partial charge is 0.224 e. The lowest BCUT2D eigenvalue weighted by Gasteiger charge is -2.29. The maximum absolute atomic E-state index is 14.5. The largest absolute Gasteiger partial charge is 0.381 e. The molecule has 0 atom stereocenters. The molecule has 5 rings (SSSR count). The quantitative estimate of drug-likeness (QED) is 0.455. The molecule has 2 aromatic heterocycles. The molecule has 1 amide bonds. The minimum absolute atomic E-state index is 0.00833. The number of hydrogen-bond donors (Lipinski definition) is 3. The molecule has 2 aliphatic rings. The number of rotatable bonds is 6. The Morgan fingerprint density at radius 3 is 2.63 bits per heavy atom. The van der Waals surface area contributed by atoms with Gasteiger partial charge in [-0.2, -0.15) is 4.98 Å². The lowest BCUT2D eigenvalue weighted by Crippen LogP contribution is -2.29. The predicted molar refractivity (Wildman–Crippen MR) is 132 cm³/mol. The average molecular weight is 502 g/mol. The van der Waals surface area contributed by atoms with Crippen molar-refractivity contribution in [2.75, 3.05) is 23.8 Å². The van der Waals surface area contributed by atoms with E-state index >= 15 is 0 Å². The van der Waals surface area contributed by atoms with E-state index in [-0.39, 0.29) is 28.9 Å². The number of imidazole rings is 1. The van der Waals surface area contributed by atoms with Gasteiger partial charge in [0.25, 0.3) is 0 Å². The van der Waals surface area contributed by atoms with Gasteiger partial charge < -0.3 is 21.1 Å². The minimum atomic E-state index is -0.468. The third-order valence-corrected chi connectivity index (χ3v) is 7.34. The van der Waals surface area contributed by atoms with E-state index in [0.29, 0.717) is 60.4 Å². The summed E-state index contributed by atoms with van der Waals surface area (Å²) in [5.41, 5.74) is 7.72. The van der Waals surface area contributed by atoms with Crippen LogP contribution in [0.1, 0.15) is 50.1 Å². The normalized spacial score (nSPS) is 21.2. The van der Waals surface area contributed by atoms with E-state index in [1.54, 1.807) is 25.3 Å². The highest BCUT2D eigenvalue weighted by Crippen LogP contribution is 2.38. The molecule has 3 aromatic rings. The first kappa shape index (κ1) is 23.7. The van der Waals surface area contributed by atoms with Crippen molar-refractivity contribution >= 4 is 46.3 Å². The average Bonchev–Trinajstić information content (AvgIpc) is 3.22. The number of nitrogens with zero attached hydrogens (tertiary/aromatic N) is 4. The third-order valence-electron chi connectivity index (χ3n) is 6.97. The van der Waals surface area contributed by atoms with E-state index < -0.39 is 5.82 Å². The maximum Gasteiger partial charge on any atom is 0.224 e. The van der Waals surface area contributed by atoms with E-state index in [1.165, 1.54) is 0 Å². The number of nitrogens with one attached hydrogen (secondary N) is 2. The molecule has 1 saturated carbocycles. The molecule has 0 radical (unpaired) electrons. The van der Waals surface area contributed by atoms with Gasteiger partial charge in [0, 0.05) is 31.2 Å². The van der Waals surface area contributed by atoms with Gasteiger partial charge in [0.1, 0.15) is 16.4 Å². The summed E-state index contributed by atoms with van der Waals surface area (Å²) in [5.74, 6) is 0.180. The van der Waals surface area contributed by atoms with Crippen LogP contribution in [0, 0.1) is 18.7 Å². The first-order chi connectivity index (χ1) is 16.9. The summed E-state index contributed by atoms with van der Waals surface area (Å²) in [6.07, 6.45) is 6.35. The number of anilines is 3. The molecule has 11 heteroatoms. The third kappa shape index (κ3) is 4.90. The molecule has 1 saturated heterocycles. The van der Waals surface area contributed by atoms with Crippen molar-refractivity contribution in [3.63, 3.8) is 0 Å². The fourth-order valence-electron chi connectivity index (χ4n) is 4.90. The Morgan fingerprint density at radius 2 is 1.91 bits per heavy atom. The highest BCUT2D eigenvalue weighted by Gasteiger charge is 2.29. The van der Waals surface area contributed by atoms with E-state index in [1.807, 2.05) is 4.57 Å². The topological polar surface area (TPSA) is 120 Å². The Bertz CT molecular complexity index is 1240. The Morgan fingerprint density at radius 1 is 1.17 bits per heavy atom. The molecule has 1 aromatic carbocycles. The van der Waals surface area contributed by atoms with Crippen LogP contribution in [0.25, 0.3) is 11.2 Å². The number of carbonyl (C=O) groups excluding carboxylic acids is 1. The molecular weight excluding hydrogens is 473 g/mol. The Balaban J connectivity index is 1.51. The van der Waals surface area contributed by atoms with Crippen LogP contribution in [-0.4, -0.2) is 44.7 Å². The van der Waals surface area contributed by atoms with Gasteiger partial charge in [-0.25, -0.2) is 14.4 Å². The molecule has 186 valence electrons. The zero-order valence-electron chi connectivity index (χ0n) is 19.6. The zero-order chi connectivity index (χ0) is 24.5. The van der Waals surface area contributed by atoms with Crippen molar-refractivity contribution in [1.29, 1.82) is 0 Å². The lowest BCUT2D eigenvalue weighted by atomic mass is 9.85. The molecule has 1 aliphatic heterocycles. The van der Waals surface area contributed by atoms with E-state index in [9.17, 15) is 9.18 Å². The van der Waals surface area contributed by atoms with Crippen molar-refractivity contribution < 1.29 is 13.9 Å². The number of primary amides is 1. The first-order valence-corrected chi connectivity index (χ1v) is 12.4. The number of aromatic nitrogens is 4. The van der Waals surface area contributed by atoms with Gasteiger partial charge >= 0.3 is 0 Å². The molecule has 0 unspecified atom stereocenters. The van der Waals surface area contributed by atoms with Crippen LogP contribution in [0.2, 0.25) is 5.02 Å². The Kier molecular flexibility index (Phi) is 6.75. The number of aryl methyl sites for hydroxylation is 1. The molecule has 3 heterocycles. The number of fused-ring (bicyclic) bond motifs is 1. The van der Waals surface area contributed by atoms with Gasteiger partial charge in [-0.15, -0.1) is 0 Å². The van der Waals surface area contributed by atoms with Crippen LogP contribution in [0.5, 0.6) is 0 Å². The number of benzene rings is 1. The molecule has 35 heavy (non-hydrogen) atoms. The monoisotopic (exact) mass is 501 g/mol. The summed E-state index contributed by atoms with van der Waals surface area (Å²) in [7, 11) is 0. The van der Waals surface area contributed by atoms with Gasteiger partial charge in [0.15, 0.2) is 5.65 Å². The number of nitrogens with two attached hydrogens (primary N) is 1. The summed E-state index contributed by atoms with van der Waals surface area (Å²) < 4.78 is 21.9. The summed E-state index contributed by atoms with van der Waals surface area (Å²) in [4.78, 5) is 25.7. The van der Waals surface area contributed by atoms with Gasteiger partial charge in [0.05, 0.1) is 11.9 Å². The van der Waals surface area contributed by atoms with Crippen molar-refractivity contribution in [3.05, 3.63) is 34.7 Å². The number of halogens is 2. The maximum atomic E-state index is 14.5. The van der Waals surface area contributed by atoms with Gasteiger partial charge in [-0.1, -0.05) is 17.7 Å². The van der Waals surface area contributed by atoms with Crippen LogP contribution >= 0.6 is 11.6 Å². The Labute approximate surface area is 207 Å².